The first-order valence-corrected chi connectivity index (χ1v) is 9.44. The monoisotopic (exact) mass is 363 g/mol. The Balaban J connectivity index is 1.65. The highest BCUT2D eigenvalue weighted by Gasteiger charge is 2.23. The van der Waals surface area contributed by atoms with Crippen LogP contribution in [0.2, 0.25) is 0 Å². The molecule has 1 aromatic heterocycles. The summed E-state index contributed by atoms with van der Waals surface area (Å²) in [4.78, 5) is 12.0. The van der Waals surface area contributed by atoms with E-state index < -0.39 is 0 Å². The highest BCUT2D eigenvalue weighted by molar-refractivity contribution is 5.74. The van der Waals surface area contributed by atoms with Crippen molar-refractivity contribution in [2.45, 2.75) is 39.5 Å². The van der Waals surface area contributed by atoms with Crippen molar-refractivity contribution in [3.63, 3.8) is 0 Å². The fourth-order valence-corrected chi connectivity index (χ4v) is 3.55. The van der Waals surface area contributed by atoms with Gasteiger partial charge in [0.25, 0.3) is 0 Å². The largest absolute Gasteiger partial charge is 0.497 e. The number of benzene rings is 2. The van der Waals surface area contributed by atoms with Crippen LogP contribution in [0.25, 0.3) is 11.0 Å². The predicted molar refractivity (Wildman–Crippen MR) is 106 cm³/mol. The normalized spacial score (nSPS) is 17.2. The molecule has 0 bridgehead atoms. The van der Waals surface area contributed by atoms with Gasteiger partial charge in [0.05, 0.1) is 29.5 Å². The number of rotatable bonds is 4. The Hall–Kier alpha value is -2.66. The number of nitrogens with zero attached hydrogens (tertiary/aromatic N) is 3. The lowest BCUT2D eigenvalue weighted by atomic mass is 10.1. The first-order chi connectivity index (χ1) is 13.2. The van der Waals surface area contributed by atoms with Gasteiger partial charge < -0.3 is 9.47 Å². The molecule has 140 valence electrons. The third kappa shape index (κ3) is 3.74. The highest BCUT2D eigenvalue weighted by atomic mass is 16.5. The molecule has 0 aliphatic carbocycles. The molecule has 0 saturated heterocycles. The van der Waals surface area contributed by atoms with Crippen LogP contribution < -0.4 is 9.47 Å². The summed E-state index contributed by atoms with van der Waals surface area (Å²) >= 11 is 0. The molecule has 2 aromatic carbocycles. The lowest BCUT2D eigenvalue weighted by Gasteiger charge is -2.23. The van der Waals surface area contributed by atoms with E-state index in [4.69, 9.17) is 19.4 Å². The molecule has 0 amide bonds. The maximum atomic E-state index is 6.24. The van der Waals surface area contributed by atoms with Crippen molar-refractivity contribution in [1.29, 1.82) is 0 Å². The number of ether oxygens (including phenoxy) is 2. The lowest BCUT2D eigenvalue weighted by Crippen LogP contribution is -2.32. The summed E-state index contributed by atoms with van der Waals surface area (Å²) in [5.41, 5.74) is 5.04. The van der Waals surface area contributed by atoms with Gasteiger partial charge in [-0.1, -0.05) is 19.1 Å². The molecule has 0 saturated carbocycles. The summed E-state index contributed by atoms with van der Waals surface area (Å²) in [6, 6.07) is 14.1. The minimum Gasteiger partial charge on any atom is -0.497 e. The fourth-order valence-electron chi connectivity index (χ4n) is 3.55. The van der Waals surface area contributed by atoms with Crippen molar-refractivity contribution in [2.24, 2.45) is 0 Å². The van der Waals surface area contributed by atoms with Gasteiger partial charge in [0.15, 0.2) is 0 Å². The average Bonchev–Trinajstić information content (AvgIpc) is 2.86. The van der Waals surface area contributed by atoms with Gasteiger partial charge in [0, 0.05) is 25.2 Å². The molecule has 1 unspecified atom stereocenters. The Labute approximate surface area is 160 Å². The van der Waals surface area contributed by atoms with E-state index in [0.717, 1.165) is 65.5 Å². The predicted octanol–water partition coefficient (Wildman–Crippen LogP) is 4.12. The van der Waals surface area contributed by atoms with Crippen molar-refractivity contribution in [3.05, 3.63) is 59.4 Å². The summed E-state index contributed by atoms with van der Waals surface area (Å²) in [7, 11) is 1.69. The lowest BCUT2D eigenvalue weighted by molar-refractivity contribution is 0.138. The second-order valence-corrected chi connectivity index (χ2v) is 7.04. The molecule has 5 heteroatoms. The van der Waals surface area contributed by atoms with E-state index in [1.54, 1.807) is 7.11 Å². The molecule has 2 heterocycles. The first kappa shape index (κ1) is 17.7. The third-order valence-electron chi connectivity index (χ3n) is 5.09. The fraction of sp³-hybridized carbons (Fsp3) is 0.364. The van der Waals surface area contributed by atoms with E-state index in [1.807, 2.05) is 43.3 Å². The van der Waals surface area contributed by atoms with E-state index in [1.165, 1.54) is 0 Å². The first-order valence-electron chi connectivity index (χ1n) is 9.44. The summed E-state index contributed by atoms with van der Waals surface area (Å²) in [6.45, 7) is 6.62. The number of methoxy groups -OCH3 is 1. The van der Waals surface area contributed by atoms with Crippen molar-refractivity contribution < 1.29 is 9.47 Å². The zero-order valence-electron chi connectivity index (χ0n) is 16.1. The van der Waals surface area contributed by atoms with Gasteiger partial charge >= 0.3 is 0 Å². The minimum absolute atomic E-state index is 0.161. The maximum absolute atomic E-state index is 6.24. The molecule has 4 rings (SSSR count). The van der Waals surface area contributed by atoms with Crippen molar-refractivity contribution in [3.8, 4) is 11.5 Å². The molecule has 3 aromatic rings. The van der Waals surface area contributed by atoms with Gasteiger partial charge in [-0.2, -0.15) is 0 Å². The summed E-state index contributed by atoms with van der Waals surface area (Å²) in [5.74, 6) is 1.81. The zero-order chi connectivity index (χ0) is 18.8. The van der Waals surface area contributed by atoms with Crippen LogP contribution in [0.3, 0.4) is 0 Å². The molecule has 0 radical (unpaired) electrons. The number of para-hydroxylation sites is 2. The quantitative estimate of drug-likeness (QED) is 0.698. The summed E-state index contributed by atoms with van der Waals surface area (Å²) in [5, 5.41) is 0. The van der Waals surface area contributed by atoms with E-state index in [0.29, 0.717) is 0 Å². The molecule has 1 aliphatic rings. The summed E-state index contributed by atoms with van der Waals surface area (Å²) in [6.07, 6.45) is 1.12. The van der Waals surface area contributed by atoms with Crippen LogP contribution in [-0.4, -0.2) is 34.6 Å². The Bertz CT molecular complexity index is 957. The molecule has 27 heavy (non-hydrogen) atoms. The van der Waals surface area contributed by atoms with Gasteiger partial charge in [-0.15, -0.1) is 0 Å². The SMILES string of the molecule is CCC1CN(Cc2nc3ccccc3nc2C)Cc2cc(OC)ccc2O1. The number of hydrogen-bond donors (Lipinski definition) is 0. The number of aromatic nitrogens is 2. The second-order valence-electron chi connectivity index (χ2n) is 7.04. The number of hydrogen-bond acceptors (Lipinski definition) is 5. The second kappa shape index (κ2) is 7.53. The molecule has 1 atom stereocenters. The van der Waals surface area contributed by atoms with Crippen LogP contribution in [0.15, 0.2) is 42.5 Å². The Morgan fingerprint density at radius 2 is 1.93 bits per heavy atom. The van der Waals surface area contributed by atoms with Crippen LogP contribution in [0, 0.1) is 6.92 Å². The van der Waals surface area contributed by atoms with E-state index in [2.05, 4.69) is 17.9 Å². The van der Waals surface area contributed by atoms with Gasteiger partial charge in [-0.25, -0.2) is 9.97 Å². The van der Waals surface area contributed by atoms with Crippen LogP contribution in [0.5, 0.6) is 11.5 Å². The van der Waals surface area contributed by atoms with E-state index >= 15 is 0 Å². The Kier molecular flexibility index (Phi) is 4.94. The topological polar surface area (TPSA) is 47.5 Å². The zero-order valence-corrected chi connectivity index (χ0v) is 16.1. The van der Waals surface area contributed by atoms with E-state index in [9.17, 15) is 0 Å². The van der Waals surface area contributed by atoms with Crippen LogP contribution in [-0.2, 0) is 13.1 Å². The van der Waals surface area contributed by atoms with Gasteiger partial charge in [0.1, 0.15) is 17.6 Å². The molecular weight excluding hydrogens is 338 g/mol. The molecular formula is C22H25N3O2. The van der Waals surface area contributed by atoms with Crippen LogP contribution in [0.4, 0.5) is 0 Å². The van der Waals surface area contributed by atoms with E-state index in [-0.39, 0.29) is 6.10 Å². The Morgan fingerprint density at radius 3 is 2.67 bits per heavy atom. The minimum atomic E-state index is 0.161. The molecule has 1 aliphatic heterocycles. The number of aryl methyl sites for hydroxylation is 1. The average molecular weight is 363 g/mol. The molecule has 0 N–H and O–H groups in total. The number of fused-ring (bicyclic) bond motifs is 2. The Morgan fingerprint density at radius 1 is 1.15 bits per heavy atom. The van der Waals surface area contributed by atoms with Crippen molar-refractivity contribution in [2.75, 3.05) is 13.7 Å². The standard InChI is InChI=1S/C22H25N3O2/c1-4-17-13-25(12-16-11-18(26-3)9-10-22(16)27-17)14-21-15(2)23-19-7-5-6-8-20(19)24-21/h5-11,17H,4,12-14H2,1-3H3. The maximum Gasteiger partial charge on any atom is 0.124 e. The third-order valence-corrected chi connectivity index (χ3v) is 5.09. The summed E-state index contributed by atoms with van der Waals surface area (Å²) < 4.78 is 11.6. The molecule has 0 spiro atoms. The molecule has 0 fully saturated rings. The van der Waals surface area contributed by atoms with Crippen LogP contribution in [0.1, 0.15) is 30.3 Å². The van der Waals surface area contributed by atoms with Crippen LogP contribution >= 0.6 is 0 Å². The van der Waals surface area contributed by atoms with Crippen molar-refractivity contribution >= 4 is 11.0 Å². The highest BCUT2D eigenvalue weighted by Crippen LogP contribution is 2.30. The van der Waals surface area contributed by atoms with Crippen molar-refractivity contribution in [1.82, 2.24) is 14.9 Å². The van der Waals surface area contributed by atoms with Gasteiger partial charge in [-0.3, -0.25) is 4.90 Å². The van der Waals surface area contributed by atoms with Gasteiger partial charge in [-0.05, 0) is 43.7 Å². The molecule has 5 nitrogen and oxygen atoms in total. The van der Waals surface area contributed by atoms with Gasteiger partial charge in [0.2, 0.25) is 0 Å². The smallest absolute Gasteiger partial charge is 0.124 e.